The fourth-order valence-electron chi connectivity index (χ4n) is 2.54. The maximum atomic E-state index is 12.3. The van der Waals surface area contributed by atoms with Gasteiger partial charge in [0.25, 0.3) is 0 Å². The van der Waals surface area contributed by atoms with Crippen molar-refractivity contribution in [2.75, 3.05) is 13.1 Å². The smallest absolute Gasteiger partial charge is 0.228 e. The zero-order chi connectivity index (χ0) is 14.7. The summed E-state index contributed by atoms with van der Waals surface area (Å²) in [6.07, 6.45) is 6.17. The minimum Gasteiger partial charge on any atom is -0.342 e. The van der Waals surface area contributed by atoms with Gasteiger partial charge in [0.15, 0.2) is 0 Å². The number of hydrogen-bond acceptors (Lipinski definition) is 4. The fraction of sp³-hybridized carbons (Fsp3) is 0.438. The Kier molecular flexibility index (Phi) is 4.29. The third-order valence-electron chi connectivity index (χ3n) is 3.95. The Morgan fingerprint density at radius 2 is 2.05 bits per heavy atom. The number of amides is 1. The van der Waals surface area contributed by atoms with Gasteiger partial charge in [-0.25, -0.2) is 4.98 Å². The molecule has 1 amide bonds. The van der Waals surface area contributed by atoms with E-state index in [0.717, 1.165) is 48.1 Å². The Morgan fingerprint density at radius 1 is 1.33 bits per heavy atom. The topological polar surface area (TPSA) is 46.1 Å². The molecular weight excluding hydrogens is 282 g/mol. The summed E-state index contributed by atoms with van der Waals surface area (Å²) in [6, 6.07) is 3.88. The predicted octanol–water partition coefficient (Wildman–Crippen LogP) is 3.01. The normalized spacial score (nSPS) is 16.1. The maximum absolute atomic E-state index is 12.3. The number of nitrogens with zero attached hydrogens (tertiary/aromatic N) is 3. The largest absolute Gasteiger partial charge is 0.342 e. The zero-order valence-electron chi connectivity index (χ0n) is 12.2. The molecule has 0 bridgehead atoms. The molecule has 2 aromatic rings. The van der Waals surface area contributed by atoms with Crippen LogP contribution in [0.1, 0.15) is 25.5 Å². The van der Waals surface area contributed by atoms with E-state index in [1.165, 1.54) is 0 Å². The highest BCUT2D eigenvalue weighted by Gasteiger charge is 2.21. The van der Waals surface area contributed by atoms with Crippen molar-refractivity contribution in [3.63, 3.8) is 0 Å². The van der Waals surface area contributed by atoms with Crippen molar-refractivity contribution in [1.29, 1.82) is 0 Å². The Morgan fingerprint density at radius 3 is 2.76 bits per heavy atom. The number of rotatable bonds is 3. The van der Waals surface area contributed by atoms with Gasteiger partial charge in [0.2, 0.25) is 5.91 Å². The van der Waals surface area contributed by atoms with E-state index >= 15 is 0 Å². The van der Waals surface area contributed by atoms with Gasteiger partial charge in [-0.1, -0.05) is 6.92 Å². The second kappa shape index (κ2) is 6.35. The van der Waals surface area contributed by atoms with E-state index in [2.05, 4.69) is 16.9 Å². The monoisotopic (exact) mass is 301 g/mol. The lowest BCUT2D eigenvalue weighted by Crippen LogP contribution is -2.38. The van der Waals surface area contributed by atoms with Crippen LogP contribution in [0.2, 0.25) is 0 Å². The van der Waals surface area contributed by atoms with Gasteiger partial charge in [-0.2, -0.15) is 0 Å². The van der Waals surface area contributed by atoms with Crippen LogP contribution in [0.3, 0.4) is 0 Å². The van der Waals surface area contributed by atoms with Crippen LogP contribution in [0.25, 0.3) is 10.6 Å². The molecule has 4 nitrogen and oxygen atoms in total. The van der Waals surface area contributed by atoms with Crippen molar-refractivity contribution in [2.24, 2.45) is 5.92 Å². The summed E-state index contributed by atoms with van der Waals surface area (Å²) in [5, 5.41) is 2.94. The van der Waals surface area contributed by atoms with E-state index in [9.17, 15) is 4.79 Å². The molecule has 1 aliphatic rings. The number of carbonyl (C=O) groups excluding carboxylic acids is 1. The average Bonchev–Trinajstić information content (AvgIpc) is 2.97. The minimum atomic E-state index is 0.202. The van der Waals surface area contributed by atoms with E-state index in [0.29, 0.717) is 6.42 Å². The number of piperidine rings is 1. The highest BCUT2D eigenvalue weighted by Crippen LogP contribution is 2.23. The summed E-state index contributed by atoms with van der Waals surface area (Å²) in [7, 11) is 0. The Bertz CT molecular complexity index is 603. The predicted molar refractivity (Wildman–Crippen MR) is 84.0 cm³/mol. The van der Waals surface area contributed by atoms with E-state index in [4.69, 9.17) is 0 Å². The third kappa shape index (κ3) is 3.47. The molecule has 5 heteroatoms. The van der Waals surface area contributed by atoms with Crippen LogP contribution in [-0.4, -0.2) is 33.9 Å². The van der Waals surface area contributed by atoms with E-state index in [1.54, 1.807) is 23.7 Å². The molecule has 0 atom stereocenters. The summed E-state index contributed by atoms with van der Waals surface area (Å²) in [5.41, 5.74) is 1.93. The highest BCUT2D eigenvalue weighted by molar-refractivity contribution is 7.13. The van der Waals surface area contributed by atoms with Gasteiger partial charge in [0.05, 0.1) is 12.1 Å². The molecule has 3 rings (SSSR count). The van der Waals surface area contributed by atoms with E-state index in [-0.39, 0.29) is 5.91 Å². The molecule has 3 heterocycles. The first-order chi connectivity index (χ1) is 10.2. The van der Waals surface area contributed by atoms with Crippen LogP contribution in [0.15, 0.2) is 29.9 Å². The lowest BCUT2D eigenvalue weighted by atomic mass is 9.99. The second-order valence-electron chi connectivity index (χ2n) is 5.62. The molecule has 110 valence electrons. The lowest BCUT2D eigenvalue weighted by molar-refractivity contribution is -0.131. The molecule has 2 aromatic heterocycles. The van der Waals surface area contributed by atoms with E-state index < -0.39 is 0 Å². The molecule has 21 heavy (non-hydrogen) atoms. The van der Waals surface area contributed by atoms with Crippen molar-refractivity contribution >= 4 is 17.2 Å². The molecule has 0 saturated carbocycles. The first-order valence-corrected chi connectivity index (χ1v) is 8.23. The van der Waals surface area contributed by atoms with Crippen molar-refractivity contribution in [2.45, 2.75) is 26.2 Å². The van der Waals surface area contributed by atoms with Gasteiger partial charge in [0.1, 0.15) is 5.01 Å². The molecule has 1 aliphatic heterocycles. The minimum absolute atomic E-state index is 0.202. The van der Waals surface area contributed by atoms with Crippen LogP contribution in [0.4, 0.5) is 0 Å². The van der Waals surface area contributed by atoms with Crippen molar-refractivity contribution < 1.29 is 4.79 Å². The quantitative estimate of drug-likeness (QED) is 0.875. The van der Waals surface area contributed by atoms with Crippen molar-refractivity contribution in [1.82, 2.24) is 14.9 Å². The molecular formula is C16H19N3OS. The van der Waals surface area contributed by atoms with Gasteiger partial charge >= 0.3 is 0 Å². The molecule has 1 saturated heterocycles. The zero-order valence-corrected chi connectivity index (χ0v) is 13.0. The lowest BCUT2D eigenvalue weighted by Gasteiger charge is -2.30. The second-order valence-corrected chi connectivity index (χ2v) is 6.48. The molecule has 0 spiro atoms. The Hall–Kier alpha value is -1.75. The number of hydrogen-bond donors (Lipinski definition) is 0. The van der Waals surface area contributed by atoms with Crippen LogP contribution < -0.4 is 0 Å². The standard InChI is InChI=1S/C16H19N3OS/c1-12-4-8-19(9-5-12)15(20)10-14-11-21-16(18-14)13-2-6-17-7-3-13/h2-3,6-7,11-12H,4-5,8-10H2,1H3. The first-order valence-electron chi connectivity index (χ1n) is 7.35. The van der Waals surface area contributed by atoms with Gasteiger partial charge in [-0.15, -0.1) is 11.3 Å². The third-order valence-corrected chi connectivity index (χ3v) is 4.89. The van der Waals surface area contributed by atoms with Crippen LogP contribution in [0, 0.1) is 5.92 Å². The number of pyridine rings is 1. The van der Waals surface area contributed by atoms with Crippen LogP contribution in [0.5, 0.6) is 0 Å². The first kappa shape index (κ1) is 14.2. The van der Waals surface area contributed by atoms with Gasteiger partial charge in [0, 0.05) is 36.4 Å². The van der Waals surface area contributed by atoms with Crippen molar-refractivity contribution in [3.8, 4) is 10.6 Å². The molecule has 0 N–H and O–H groups in total. The number of aromatic nitrogens is 2. The number of thiazole rings is 1. The van der Waals surface area contributed by atoms with Crippen LogP contribution >= 0.6 is 11.3 Å². The maximum Gasteiger partial charge on any atom is 0.228 e. The average molecular weight is 301 g/mol. The van der Waals surface area contributed by atoms with Gasteiger partial charge in [-0.05, 0) is 30.9 Å². The summed E-state index contributed by atoms with van der Waals surface area (Å²) >= 11 is 1.58. The number of carbonyl (C=O) groups is 1. The fourth-order valence-corrected chi connectivity index (χ4v) is 3.37. The Balaban J connectivity index is 1.63. The number of likely N-dealkylation sites (tertiary alicyclic amines) is 1. The van der Waals surface area contributed by atoms with Gasteiger partial charge < -0.3 is 4.90 Å². The SMILES string of the molecule is CC1CCN(C(=O)Cc2csc(-c3ccncc3)n2)CC1. The molecule has 0 aliphatic carbocycles. The summed E-state index contributed by atoms with van der Waals surface area (Å²) < 4.78 is 0. The summed E-state index contributed by atoms with van der Waals surface area (Å²) in [6.45, 7) is 4.03. The van der Waals surface area contributed by atoms with Crippen molar-refractivity contribution in [3.05, 3.63) is 35.6 Å². The molecule has 0 aromatic carbocycles. The summed E-state index contributed by atoms with van der Waals surface area (Å²) in [4.78, 5) is 22.9. The Labute approximate surface area is 128 Å². The highest BCUT2D eigenvalue weighted by atomic mass is 32.1. The summed E-state index contributed by atoms with van der Waals surface area (Å²) in [5.74, 6) is 0.945. The molecule has 0 unspecified atom stereocenters. The van der Waals surface area contributed by atoms with E-state index in [1.807, 2.05) is 22.4 Å². The molecule has 1 fully saturated rings. The van der Waals surface area contributed by atoms with Crippen LogP contribution in [-0.2, 0) is 11.2 Å². The van der Waals surface area contributed by atoms with Gasteiger partial charge in [-0.3, -0.25) is 9.78 Å². The molecule has 0 radical (unpaired) electrons.